The highest BCUT2D eigenvalue weighted by Gasteiger charge is 2.14. The smallest absolute Gasteiger partial charge is 0.141 e. The van der Waals surface area contributed by atoms with Crippen molar-refractivity contribution in [3.63, 3.8) is 0 Å². The van der Waals surface area contributed by atoms with Crippen molar-refractivity contribution in [2.75, 3.05) is 0 Å². The molecule has 1 aliphatic carbocycles. The third-order valence-corrected chi connectivity index (χ3v) is 5.16. The van der Waals surface area contributed by atoms with Crippen molar-refractivity contribution >= 4 is 33.2 Å². The number of benzene rings is 1. The number of aromatic nitrogens is 2. The van der Waals surface area contributed by atoms with Crippen LogP contribution in [0.15, 0.2) is 29.9 Å². The van der Waals surface area contributed by atoms with Crippen LogP contribution in [0, 0.1) is 0 Å². The predicted molar refractivity (Wildman–Crippen MR) is 84.5 cm³/mol. The van der Waals surface area contributed by atoms with E-state index in [-0.39, 0.29) is 0 Å². The molecule has 3 aromatic rings. The highest BCUT2D eigenvalue weighted by molar-refractivity contribution is 7.17. The van der Waals surface area contributed by atoms with Gasteiger partial charge in [0, 0.05) is 10.9 Å². The van der Waals surface area contributed by atoms with Crippen LogP contribution in [0.3, 0.4) is 0 Å². The Labute approximate surface area is 126 Å². The van der Waals surface area contributed by atoms with Crippen molar-refractivity contribution in [1.29, 1.82) is 0 Å². The number of nitrogens with zero attached hydrogens (tertiary/aromatic N) is 2. The molecule has 2 heterocycles. The first-order chi connectivity index (χ1) is 9.83. The molecule has 2 aromatic heterocycles. The van der Waals surface area contributed by atoms with Crippen LogP contribution in [-0.4, -0.2) is 9.97 Å². The van der Waals surface area contributed by atoms with Gasteiger partial charge in [-0.3, -0.25) is 0 Å². The molecule has 100 valence electrons. The standard InChI is InChI=1S/C16H13ClN2S/c17-15-14-13(8-20-16(14)19-9-18-15)12-6-5-10-3-1-2-4-11(10)7-12/h5-9H,1-4H2. The Balaban J connectivity index is 1.91. The quantitative estimate of drug-likeness (QED) is 0.598. The van der Waals surface area contributed by atoms with Gasteiger partial charge in [0.2, 0.25) is 0 Å². The summed E-state index contributed by atoms with van der Waals surface area (Å²) in [6.45, 7) is 0. The number of rotatable bonds is 1. The van der Waals surface area contributed by atoms with Gasteiger partial charge in [0.05, 0.1) is 5.39 Å². The highest BCUT2D eigenvalue weighted by Crippen LogP contribution is 2.37. The lowest BCUT2D eigenvalue weighted by Crippen LogP contribution is -2.02. The van der Waals surface area contributed by atoms with E-state index in [4.69, 9.17) is 11.6 Å². The minimum Gasteiger partial charge on any atom is -0.225 e. The summed E-state index contributed by atoms with van der Waals surface area (Å²) in [4.78, 5) is 9.37. The van der Waals surface area contributed by atoms with Gasteiger partial charge in [-0.05, 0) is 42.4 Å². The Morgan fingerprint density at radius 3 is 2.80 bits per heavy atom. The summed E-state index contributed by atoms with van der Waals surface area (Å²) < 4.78 is 0. The topological polar surface area (TPSA) is 25.8 Å². The van der Waals surface area contributed by atoms with Crippen LogP contribution in [0.1, 0.15) is 24.0 Å². The molecule has 0 aliphatic heterocycles. The van der Waals surface area contributed by atoms with Crippen LogP contribution < -0.4 is 0 Å². The molecule has 0 atom stereocenters. The maximum Gasteiger partial charge on any atom is 0.141 e. The number of hydrogen-bond donors (Lipinski definition) is 0. The molecular weight excluding hydrogens is 288 g/mol. The first-order valence-corrected chi connectivity index (χ1v) is 8.08. The van der Waals surface area contributed by atoms with Gasteiger partial charge in [-0.1, -0.05) is 29.8 Å². The summed E-state index contributed by atoms with van der Waals surface area (Å²) in [7, 11) is 0. The van der Waals surface area contributed by atoms with Gasteiger partial charge in [-0.15, -0.1) is 11.3 Å². The minimum atomic E-state index is 0.545. The predicted octanol–water partition coefficient (Wildman–Crippen LogP) is 4.89. The third kappa shape index (κ3) is 1.93. The fraction of sp³-hybridized carbons (Fsp3) is 0.250. The monoisotopic (exact) mass is 300 g/mol. The van der Waals surface area contributed by atoms with Crippen LogP contribution >= 0.6 is 22.9 Å². The second-order valence-electron chi connectivity index (χ2n) is 5.18. The van der Waals surface area contributed by atoms with Crippen molar-refractivity contribution in [2.45, 2.75) is 25.7 Å². The molecule has 1 aromatic carbocycles. The fourth-order valence-electron chi connectivity index (χ4n) is 2.95. The molecule has 0 radical (unpaired) electrons. The van der Waals surface area contributed by atoms with Gasteiger partial charge in [0.15, 0.2) is 0 Å². The summed E-state index contributed by atoms with van der Waals surface area (Å²) in [5, 5.41) is 3.66. The van der Waals surface area contributed by atoms with Gasteiger partial charge >= 0.3 is 0 Å². The largest absolute Gasteiger partial charge is 0.225 e. The summed E-state index contributed by atoms with van der Waals surface area (Å²) in [5.41, 5.74) is 5.38. The van der Waals surface area contributed by atoms with Crippen molar-refractivity contribution in [2.24, 2.45) is 0 Å². The van der Waals surface area contributed by atoms with E-state index < -0.39 is 0 Å². The van der Waals surface area contributed by atoms with Crippen LogP contribution in [0.4, 0.5) is 0 Å². The van der Waals surface area contributed by atoms with Crippen LogP contribution in [0.25, 0.3) is 21.3 Å². The summed E-state index contributed by atoms with van der Waals surface area (Å²) in [6, 6.07) is 6.79. The zero-order valence-corrected chi connectivity index (χ0v) is 12.5. The Hall–Kier alpha value is -1.45. The van der Waals surface area contributed by atoms with Crippen LogP contribution in [0.2, 0.25) is 5.15 Å². The molecular formula is C16H13ClN2S. The maximum absolute atomic E-state index is 6.25. The molecule has 0 unspecified atom stereocenters. The van der Waals surface area contributed by atoms with E-state index in [1.807, 2.05) is 0 Å². The summed E-state index contributed by atoms with van der Waals surface area (Å²) in [5.74, 6) is 0. The summed E-state index contributed by atoms with van der Waals surface area (Å²) >= 11 is 7.88. The van der Waals surface area contributed by atoms with Gasteiger partial charge in [-0.25, -0.2) is 9.97 Å². The van der Waals surface area contributed by atoms with Crippen LogP contribution in [-0.2, 0) is 12.8 Å². The van der Waals surface area contributed by atoms with Gasteiger partial charge in [-0.2, -0.15) is 0 Å². The number of thiophene rings is 1. The SMILES string of the molecule is Clc1ncnc2scc(-c3ccc4c(c3)CCCC4)c12. The van der Waals surface area contributed by atoms with E-state index in [1.54, 1.807) is 11.3 Å². The Morgan fingerprint density at radius 1 is 1.05 bits per heavy atom. The normalized spacial score (nSPS) is 14.4. The third-order valence-electron chi connectivity index (χ3n) is 3.98. The molecule has 2 nitrogen and oxygen atoms in total. The lowest BCUT2D eigenvalue weighted by atomic mass is 9.89. The molecule has 4 heteroatoms. The molecule has 0 bridgehead atoms. The molecule has 0 saturated carbocycles. The van der Waals surface area contributed by atoms with Crippen molar-refractivity contribution in [3.8, 4) is 11.1 Å². The zero-order chi connectivity index (χ0) is 13.5. The van der Waals surface area contributed by atoms with E-state index in [0.29, 0.717) is 5.15 Å². The lowest BCUT2D eigenvalue weighted by molar-refractivity contribution is 0.686. The van der Waals surface area contributed by atoms with Gasteiger partial charge in [0.25, 0.3) is 0 Å². The second-order valence-corrected chi connectivity index (χ2v) is 6.40. The van der Waals surface area contributed by atoms with E-state index in [1.165, 1.54) is 48.7 Å². The minimum absolute atomic E-state index is 0.545. The van der Waals surface area contributed by atoms with Crippen molar-refractivity contribution < 1.29 is 0 Å². The molecule has 0 spiro atoms. The first kappa shape index (κ1) is 12.3. The number of aryl methyl sites for hydroxylation is 2. The number of fused-ring (bicyclic) bond motifs is 2. The molecule has 0 amide bonds. The fourth-order valence-corrected chi connectivity index (χ4v) is 4.16. The van der Waals surface area contributed by atoms with E-state index in [9.17, 15) is 0 Å². The molecule has 0 N–H and O–H groups in total. The molecule has 20 heavy (non-hydrogen) atoms. The zero-order valence-electron chi connectivity index (χ0n) is 10.9. The number of halogens is 1. The van der Waals surface area contributed by atoms with Crippen molar-refractivity contribution in [1.82, 2.24) is 9.97 Å². The van der Waals surface area contributed by atoms with Gasteiger partial charge < -0.3 is 0 Å². The molecule has 0 saturated heterocycles. The van der Waals surface area contributed by atoms with Gasteiger partial charge in [0.1, 0.15) is 16.3 Å². The molecule has 1 aliphatic rings. The van der Waals surface area contributed by atoms with Crippen LogP contribution in [0.5, 0.6) is 0 Å². The lowest BCUT2D eigenvalue weighted by Gasteiger charge is -2.16. The van der Waals surface area contributed by atoms with E-state index in [0.717, 1.165) is 15.8 Å². The average molecular weight is 301 g/mol. The van der Waals surface area contributed by atoms with Crippen molar-refractivity contribution in [3.05, 3.63) is 46.2 Å². The average Bonchev–Trinajstić information content (AvgIpc) is 2.92. The molecule has 4 rings (SSSR count). The summed E-state index contributed by atoms with van der Waals surface area (Å²) in [6.07, 6.45) is 6.54. The Kier molecular flexibility index (Phi) is 2.97. The Bertz CT molecular complexity index is 794. The Morgan fingerprint density at radius 2 is 1.90 bits per heavy atom. The first-order valence-electron chi connectivity index (χ1n) is 6.83. The maximum atomic E-state index is 6.25. The molecule has 0 fully saturated rings. The highest BCUT2D eigenvalue weighted by atomic mass is 35.5. The van der Waals surface area contributed by atoms with E-state index in [2.05, 4.69) is 33.5 Å². The number of hydrogen-bond acceptors (Lipinski definition) is 3. The second kappa shape index (κ2) is 4.83. The van der Waals surface area contributed by atoms with E-state index >= 15 is 0 Å².